The molecule has 4 aromatic rings. The lowest BCUT2D eigenvalue weighted by Gasteiger charge is -2.34. The van der Waals surface area contributed by atoms with E-state index in [1.165, 1.54) is 11.1 Å². The van der Waals surface area contributed by atoms with Gasteiger partial charge in [-0.3, -0.25) is 0 Å². The average Bonchev–Trinajstić information content (AvgIpc) is 3.08. The molecule has 28 heavy (non-hydrogen) atoms. The molecule has 3 aromatic carbocycles. The van der Waals surface area contributed by atoms with E-state index in [1.807, 2.05) is 24.3 Å². The largest absolute Gasteiger partial charge is 0.349 e. The van der Waals surface area contributed by atoms with Gasteiger partial charge in [0.1, 0.15) is 0 Å². The van der Waals surface area contributed by atoms with Gasteiger partial charge in [-0.05, 0) is 48.7 Å². The van der Waals surface area contributed by atoms with Crippen molar-refractivity contribution in [3.05, 3.63) is 93.5 Å². The number of hydrogen-bond donors (Lipinski definition) is 1. The molecule has 0 radical (unpaired) electrons. The minimum absolute atomic E-state index is 0.101. The normalized spacial score (nSPS) is 18.7. The predicted octanol–water partition coefficient (Wildman–Crippen LogP) is 6.80. The topological polar surface area (TPSA) is 29.9 Å². The molecular formula is C23H19Cl2N3. The third-order valence-electron chi connectivity index (χ3n) is 5.44. The van der Waals surface area contributed by atoms with Crippen molar-refractivity contribution in [2.75, 3.05) is 5.32 Å². The number of aromatic nitrogens is 2. The molecule has 140 valence electrons. The molecule has 0 saturated heterocycles. The van der Waals surface area contributed by atoms with Crippen molar-refractivity contribution in [2.24, 2.45) is 0 Å². The van der Waals surface area contributed by atoms with E-state index in [2.05, 4.69) is 59.3 Å². The lowest BCUT2D eigenvalue weighted by Crippen LogP contribution is -2.27. The number of rotatable bonds is 2. The fourth-order valence-corrected chi connectivity index (χ4v) is 4.42. The highest BCUT2D eigenvalue weighted by Crippen LogP contribution is 2.42. The molecule has 5 heteroatoms. The number of para-hydroxylation sites is 2. The zero-order valence-corrected chi connectivity index (χ0v) is 16.9. The number of benzene rings is 3. The van der Waals surface area contributed by atoms with Gasteiger partial charge in [-0.2, -0.15) is 0 Å². The minimum atomic E-state index is 0.101. The molecule has 1 N–H and O–H groups in total. The van der Waals surface area contributed by atoms with Gasteiger partial charge in [-0.25, -0.2) is 4.98 Å². The highest BCUT2D eigenvalue weighted by Gasteiger charge is 2.31. The van der Waals surface area contributed by atoms with Crippen LogP contribution in [-0.4, -0.2) is 9.55 Å². The van der Waals surface area contributed by atoms with E-state index >= 15 is 0 Å². The van der Waals surface area contributed by atoms with Crippen LogP contribution in [0.1, 0.15) is 35.2 Å². The van der Waals surface area contributed by atoms with Gasteiger partial charge in [0, 0.05) is 0 Å². The fourth-order valence-electron chi connectivity index (χ4n) is 4.12. The second kappa shape index (κ2) is 6.84. The molecule has 2 atom stereocenters. The molecule has 1 aromatic heterocycles. The van der Waals surface area contributed by atoms with Crippen LogP contribution in [0.25, 0.3) is 11.0 Å². The van der Waals surface area contributed by atoms with E-state index in [1.54, 1.807) is 0 Å². The number of fused-ring (bicyclic) bond motifs is 3. The van der Waals surface area contributed by atoms with Crippen molar-refractivity contribution in [1.82, 2.24) is 9.55 Å². The van der Waals surface area contributed by atoms with E-state index < -0.39 is 0 Å². The Labute approximate surface area is 173 Å². The molecule has 0 amide bonds. The van der Waals surface area contributed by atoms with Crippen molar-refractivity contribution in [3.8, 4) is 0 Å². The highest BCUT2D eigenvalue weighted by atomic mass is 35.5. The Balaban J connectivity index is 1.67. The van der Waals surface area contributed by atoms with Crippen molar-refractivity contribution < 1.29 is 0 Å². The molecule has 1 aliphatic rings. The van der Waals surface area contributed by atoms with E-state index in [9.17, 15) is 0 Å². The first-order chi connectivity index (χ1) is 13.6. The number of anilines is 1. The highest BCUT2D eigenvalue weighted by molar-refractivity contribution is 6.42. The molecule has 0 fully saturated rings. The molecule has 0 aliphatic carbocycles. The molecular weight excluding hydrogens is 389 g/mol. The van der Waals surface area contributed by atoms with Gasteiger partial charge in [0.15, 0.2) is 0 Å². The Morgan fingerprint density at radius 2 is 1.79 bits per heavy atom. The summed E-state index contributed by atoms with van der Waals surface area (Å²) in [5.74, 6) is 0.884. The first kappa shape index (κ1) is 17.6. The molecule has 5 rings (SSSR count). The number of nitrogens with zero attached hydrogens (tertiary/aromatic N) is 2. The molecule has 0 unspecified atom stereocenters. The summed E-state index contributed by atoms with van der Waals surface area (Å²) >= 11 is 12.4. The summed E-state index contributed by atoms with van der Waals surface area (Å²) in [5.41, 5.74) is 5.80. The van der Waals surface area contributed by atoms with Crippen molar-refractivity contribution >= 4 is 40.2 Å². The molecule has 0 saturated carbocycles. The second-order valence-corrected chi connectivity index (χ2v) is 8.14. The molecule has 0 spiro atoms. The summed E-state index contributed by atoms with van der Waals surface area (Å²) in [7, 11) is 0. The zero-order valence-electron chi connectivity index (χ0n) is 15.4. The number of halogens is 2. The Hall–Kier alpha value is -2.49. The lowest BCUT2D eigenvalue weighted by molar-refractivity contribution is 0.477. The van der Waals surface area contributed by atoms with Crippen LogP contribution in [0.4, 0.5) is 5.95 Å². The van der Waals surface area contributed by atoms with Gasteiger partial charge in [0.25, 0.3) is 0 Å². The number of aryl methyl sites for hydroxylation is 1. The molecule has 1 aliphatic heterocycles. The number of hydrogen-bond acceptors (Lipinski definition) is 2. The smallest absolute Gasteiger partial charge is 0.204 e. The standard InChI is InChI=1S/C23H19Cl2N3/c1-14-5-4-6-16(11-14)22-13-20(15-9-10-17(24)18(25)12-15)27-23-26-19-7-2-3-8-21(19)28(22)23/h2-12,20,22H,13H2,1H3,(H,26,27)/t20-,22-/m1/s1. The third kappa shape index (κ3) is 2.95. The van der Waals surface area contributed by atoms with Crippen LogP contribution in [0.15, 0.2) is 66.7 Å². The first-order valence-electron chi connectivity index (χ1n) is 9.35. The van der Waals surface area contributed by atoms with Gasteiger partial charge >= 0.3 is 0 Å². The van der Waals surface area contributed by atoms with Gasteiger partial charge in [-0.1, -0.05) is 71.2 Å². The van der Waals surface area contributed by atoms with Crippen LogP contribution < -0.4 is 5.32 Å². The van der Waals surface area contributed by atoms with Gasteiger partial charge in [-0.15, -0.1) is 0 Å². The summed E-state index contributed by atoms with van der Waals surface area (Å²) in [6.07, 6.45) is 0.898. The van der Waals surface area contributed by atoms with Crippen molar-refractivity contribution in [1.29, 1.82) is 0 Å². The van der Waals surface area contributed by atoms with Gasteiger partial charge in [0.2, 0.25) is 5.95 Å². The van der Waals surface area contributed by atoms with Crippen LogP contribution in [-0.2, 0) is 0 Å². The van der Waals surface area contributed by atoms with Crippen LogP contribution in [0.3, 0.4) is 0 Å². The van der Waals surface area contributed by atoms with Crippen LogP contribution in [0.5, 0.6) is 0 Å². The Morgan fingerprint density at radius 1 is 0.929 bits per heavy atom. The SMILES string of the molecule is Cc1cccc([C@H]2C[C@H](c3ccc(Cl)c(Cl)c3)Nc3nc4ccccc4n32)c1. The molecule has 3 nitrogen and oxygen atoms in total. The molecule has 0 bridgehead atoms. The Morgan fingerprint density at radius 3 is 2.61 bits per heavy atom. The third-order valence-corrected chi connectivity index (χ3v) is 6.18. The number of nitrogens with one attached hydrogen (secondary N) is 1. The zero-order chi connectivity index (χ0) is 19.3. The van der Waals surface area contributed by atoms with Crippen molar-refractivity contribution in [3.63, 3.8) is 0 Å². The summed E-state index contributed by atoms with van der Waals surface area (Å²) in [6, 6.07) is 23.1. The van der Waals surface area contributed by atoms with E-state index in [0.29, 0.717) is 10.0 Å². The summed E-state index contributed by atoms with van der Waals surface area (Å²) in [4.78, 5) is 4.86. The lowest BCUT2D eigenvalue weighted by atomic mass is 9.92. The van der Waals surface area contributed by atoms with Gasteiger partial charge in [0.05, 0.1) is 33.2 Å². The maximum absolute atomic E-state index is 6.29. The van der Waals surface area contributed by atoms with Crippen LogP contribution >= 0.6 is 23.2 Å². The Kier molecular flexibility index (Phi) is 4.30. The maximum Gasteiger partial charge on any atom is 0.204 e. The summed E-state index contributed by atoms with van der Waals surface area (Å²) in [5, 5.41) is 4.76. The average molecular weight is 408 g/mol. The van der Waals surface area contributed by atoms with Crippen LogP contribution in [0, 0.1) is 6.92 Å². The summed E-state index contributed by atoms with van der Waals surface area (Å²) < 4.78 is 2.32. The predicted molar refractivity (Wildman–Crippen MR) is 116 cm³/mol. The Bertz CT molecular complexity index is 1180. The summed E-state index contributed by atoms with van der Waals surface area (Å²) in [6.45, 7) is 2.13. The first-order valence-corrected chi connectivity index (χ1v) is 10.1. The van der Waals surface area contributed by atoms with Crippen LogP contribution in [0.2, 0.25) is 10.0 Å². The quantitative estimate of drug-likeness (QED) is 0.395. The molecule has 2 heterocycles. The van der Waals surface area contributed by atoms with E-state index in [0.717, 1.165) is 29.0 Å². The maximum atomic E-state index is 6.29. The van der Waals surface area contributed by atoms with Crippen molar-refractivity contribution in [2.45, 2.75) is 25.4 Å². The van der Waals surface area contributed by atoms with E-state index in [4.69, 9.17) is 28.2 Å². The second-order valence-electron chi connectivity index (χ2n) is 7.33. The van der Waals surface area contributed by atoms with Gasteiger partial charge < -0.3 is 9.88 Å². The monoisotopic (exact) mass is 407 g/mol. The number of imidazole rings is 1. The fraction of sp³-hybridized carbons (Fsp3) is 0.174. The van der Waals surface area contributed by atoms with E-state index in [-0.39, 0.29) is 12.1 Å². The minimum Gasteiger partial charge on any atom is -0.349 e.